The highest BCUT2D eigenvalue weighted by molar-refractivity contribution is 6.30. The number of amides is 1. The summed E-state index contributed by atoms with van der Waals surface area (Å²) in [7, 11) is 0. The largest absolute Gasteiger partial charge is 0.418 e. The molecule has 0 spiro atoms. The average molecular weight is 459 g/mol. The summed E-state index contributed by atoms with van der Waals surface area (Å²) in [5.41, 5.74) is 2.63. The molecule has 11 heteroatoms. The van der Waals surface area contributed by atoms with Gasteiger partial charge >= 0.3 is 6.18 Å². The number of nitrogens with zero attached hydrogens (tertiary/aromatic N) is 5. The first-order chi connectivity index (χ1) is 15.3. The fourth-order valence-electron chi connectivity index (χ4n) is 3.11. The van der Waals surface area contributed by atoms with E-state index >= 15 is 0 Å². The zero-order valence-electron chi connectivity index (χ0n) is 16.4. The van der Waals surface area contributed by atoms with Gasteiger partial charge in [0.15, 0.2) is 5.69 Å². The fourth-order valence-corrected chi connectivity index (χ4v) is 3.24. The molecule has 0 fully saturated rings. The summed E-state index contributed by atoms with van der Waals surface area (Å²) in [6, 6.07) is 12.1. The Morgan fingerprint density at radius 1 is 1.16 bits per heavy atom. The SMILES string of the molecule is Cc1c(C(=O)N/N=C/c2ccc(Cl)cc2)nnn1-c1ccnc2c(C(F)(F)F)cccc12. The van der Waals surface area contributed by atoms with Crippen LogP contribution in [0.1, 0.15) is 27.3 Å². The molecule has 4 rings (SSSR count). The lowest BCUT2D eigenvalue weighted by Crippen LogP contribution is -2.19. The van der Waals surface area contributed by atoms with Crippen LogP contribution in [0.5, 0.6) is 0 Å². The van der Waals surface area contributed by atoms with Gasteiger partial charge in [0.05, 0.1) is 28.7 Å². The van der Waals surface area contributed by atoms with Gasteiger partial charge in [0.2, 0.25) is 0 Å². The number of alkyl halides is 3. The number of para-hydroxylation sites is 1. The van der Waals surface area contributed by atoms with Crippen molar-refractivity contribution in [3.63, 3.8) is 0 Å². The van der Waals surface area contributed by atoms with Crippen molar-refractivity contribution in [1.82, 2.24) is 25.4 Å². The van der Waals surface area contributed by atoms with Gasteiger partial charge in [-0.15, -0.1) is 5.10 Å². The standard InChI is InChI=1S/C21H14ClF3N6O/c1-12-18(20(32)29-27-11-13-5-7-14(22)8-6-13)28-30-31(12)17-9-10-26-19-15(17)3-2-4-16(19)21(23,24)25/h2-11H,1H3,(H,29,32)/b27-11+. The van der Waals surface area contributed by atoms with Crippen LogP contribution in [0.15, 0.2) is 59.8 Å². The van der Waals surface area contributed by atoms with E-state index in [1.807, 2.05) is 0 Å². The van der Waals surface area contributed by atoms with Gasteiger partial charge < -0.3 is 0 Å². The summed E-state index contributed by atoms with van der Waals surface area (Å²) < 4.78 is 41.4. The first kappa shape index (κ1) is 21.4. The van der Waals surface area contributed by atoms with E-state index in [4.69, 9.17) is 11.6 Å². The lowest BCUT2D eigenvalue weighted by molar-refractivity contribution is -0.136. The molecular weight excluding hydrogens is 445 g/mol. The topological polar surface area (TPSA) is 85.1 Å². The third-order valence-electron chi connectivity index (χ3n) is 4.64. The van der Waals surface area contributed by atoms with Crippen LogP contribution in [0.3, 0.4) is 0 Å². The molecule has 2 aromatic carbocycles. The van der Waals surface area contributed by atoms with E-state index in [9.17, 15) is 18.0 Å². The number of carbonyl (C=O) groups is 1. The van der Waals surface area contributed by atoms with Crippen LogP contribution in [-0.2, 0) is 6.18 Å². The van der Waals surface area contributed by atoms with Crippen molar-refractivity contribution in [2.24, 2.45) is 5.10 Å². The summed E-state index contributed by atoms with van der Waals surface area (Å²) in [5.74, 6) is -0.617. The molecule has 0 aliphatic carbocycles. The monoisotopic (exact) mass is 458 g/mol. The summed E-state index contributed by atoms with van der Waals surface area (Å²) in [4.78, 5) is 16.4. The molecule has 1 N–H and O–H groups in total. The molecule has 2 aromatic heterocycles. The predicted octanol–water partition coefficient (Wildman–Crippen LogP) is 4.56. The van der Waals surface area contributed by atoms with Crippen LogP contribution < -0.4 is 5.43 Å². The molecule has 32 heavy (non-hydrogen) atoms. The molecular formula is C21H14ClF3N6O. The van der Waals surface area contributed by atoms with E-state index in [2.05, 4.69) is 25.8 Å². The lowest BCUT2D eigenvalue weighted by Gasteiger charge is -2.12. The Kier molecular flexibility index (Phi) is 5.62. The Labute approximate surface area is 184 Å². The molecule has 2 heterocycles. The smallest absolute Gasteiger partial charge is 0.265 e. The molecule has 0 aliphatic heterocycles. The van der Waals surface area contributed by atoms with E-state index in [1.165, 1.54) is 35.3 Å². The zero-order valence-corrected chi connectivity index (χ0v) is 17.2. The van der Waals surface area contributed by atoms with Crippen molar-refractivity contribution in [3.8, 4) is 5.69 Å². The first-order valence-electron chi connectivity index (χ1n) is 9.22. The highest BCUT2D eigenvalue weighted by Gasteiger charge is 2.33. The highest BCUT2D eigenvalue weighted by Crippen LogP contribution is 2.35. The maximum absolute atomic E-state index is 13.4. The molecule has 4 aromatic rings. The van der Waals surface area contributed by atoms with Gasteiger partial charge in [-0.05, 0) is 36.8 Å². The van der Waals surface area contributed by atoms with Gasteiger partial charge in [-0.1, -0.05) is 41.1 Å². The molecule has 0 atom stereocenters. The number of benzene rings is 2. The molecule has 1 amide bonds. The second-order valence-corrected chi connectivity index (χ2v) is 7.15. The zero-order chi connectivity index (χ0) is 22.9. The summed E-state index contributed by atoms with van der Waals surface area (Å²) in [6.07, 6.45) is -1.87. The van der Waals surface area contributed by atoms with Crippen molar-refractivity contribution in [1.29, 1.82) is 0 Å². The Morgan fingerprint density at radius 3 is 2.62 bits per heavy atom. The van der Waals surface area contributed by atoms with Gasteiger partial charge in [-0.3, -0.25) is 9.78 Å². The Bertz CT molecular complexity index is 1330. The summed E-state index contributed by atoms with van der Waals surface area (Å²) in [6.45, 7) is 1.58. The number of nitrogens with one attached hydrogen (secondary N) is 1. The van der Waals surface area contributed by atoms with Crippen LogP contribution in [0.2, 0.25) is 5.02 Å². The molecule has 0 aliphatic rings. The normalized spacial score (nSPS) is 11.9. The molecule has 0 radical (unpaired) electrons. The molecule has 162 valence electrons. The van der Waals surface area contributed by atoms with Crippen molar-refractivity contribution in [3.05, 3.63) is 82.3 Å². The number of hydrogen-bond acceptors (Lipinski definition) is 5. The molecule has 0 saturated carbocycles. The number of rotatable bonds is 4. The number of carbonyl (C=O) groups excluding carboxylic acids is 1. The number of halogens is 4. The minimum absolute atomic E-state index is 0.0183. The van der Waals surface area contributed by atoms with E-state index in [-0.39, 0.29) is 16.6 Å². The average Bonchev–Trinajstić information content (AvgIpc) is 3.14. The Morgan fingerprint density at radius 2 is 1.91 bits per heavy atom. The first-order valence-corrected chi connectivity index (χ1v) is 9.60. The van der Waals surface area contributed by atoms with Crippen molar-refractivity contribution in [2.45, 2.75) is 13.1 Å². The van der Waals surface area contributed by atoms with Gasteiger partial charge in [0, 0.05) is 16.6 Å². The number of hydrazone groups is 1. The highest BCUT2D eigenvalue weighted by atomic mass is 35.5. The van der Waals surface area contributed by atoms with Gasteiger partial charge in [0.25, 0.3) is 5.91 Å². The fraction of sp³-hybridized carbons (Fsp3) is 0.0952. The molecule has 7 nitrogen and oxygen atoms in total. The third-order valence-corrected chi connectivity index (χ3v) is 4.89. The second-order valence-electron chi connectivity index (χ2n) is 6.72. The number of pyridine rings is 1. The lowest BCUT2D eigenvalue weighted by atomic mass is 10.1. The van der Waals surface area contributed by atoms with E-state index in [1.54, 1.807) is 31.2 Å². The van der Waals surface area contributed by atoms with E-state index in [0.29, 0.717) is 16.4 Å². The van der Waals surface area contributed by atoms with Crippen LogP contribution in [0, 0.1) is 6.92 Å². The molecule has 0 bridgehead atoms. The molecule has 0 unspecified atom stereocenters. The number of aromatic nitrogens is 4. The van der Waals surface area contributed by atoms with Gasteiger partial charge in [-0.25, -0.2) is 10.1 Å². The van der Waals surface area contributed by atoms with Crippen LogP contribution >= 0.6 is 11.6 Å². The minimum atomic E-state index is -4.56. The maximum Gasteiger partial charge on any atom is 0.418 e. The van der Waals surface area contributed by atoms with Crippen LogP contribution in [0.4, 0.5) is 13.2 Å². The summed E-state index contributed by atoms with van der Waals surface area (Å²) >= 11 is 5.82. The predicted molar refractivity (Wildman–Crippen MR) is 113 cm³/mol. The summed E-state index contributed by atoms with van der Waals surface area (Å²) in [5, 5.41) is 12.5. The maximum atomic E-state index is 13.4. The Hall–Kier alpha value is -3.79. The van der Waals surface area contributed by atoms with Gasteiger partial charge in [-0.2, -0.15) is 18.3 Å². The molecule has 0 saturated heterocycles. The van der Waals surface area contributed by atoms with E-state index < -0.39 is 17.6 Å². The van der Waals surface area contributed by atoms with Crippen molar-refractivity contribution in [2.75, 3.05) is 0 Å². The van der Waals surface area contributed by atoms with Crippen LogP contribution in [0.25, 0.3) is 16.6 Å². The van der Waals surface area contributed by atoms with Crippen molar-refractivity contribution >= 4 is 34.6 Å². The van der Waals surface area contributed by atoms with Crippen LogP contribution in [-0.4, -0.2) is 32.1 Å². The quantitative estimate of drug-likeness (QED) is 0.359. The minimum Gasteiger partial charge on any atom is -0.265 e. The van der Waals surface area contributed by atoms with E-state index in [0.717, 1.165) is 11.6 Å². The third kappa shape index (κ3) is 4.17. The van der Waals surface area contributed by atoms with Crippen molar-refractivity contribution < 1.29 is 18.0 Å². The van der Waals surface area contributed by atoms with Gasteiger partial charge in [0.1, 0.15) is 0 Å². The number of fused-ring (bicyclic) bond motifs is 1. The Balaban J connectivity index is 1.64. The second kappa shape index (κ2) is 8.39. The number of hydrogen-bond donors (Lipinski definition) is 1.